The normalized spacial score (nSPS) is 9.00. The van der Waals surface area contributed by atoms with Gasteiger partial charge in [0.15, 0.2) is 0 Å². The molecule has 0 fully saturated rings. The van der Waals surface area contributed by atoms with E-state index in [0.29, 0.717) is 0 Å². The van der Waals surface area contributed by atoms with Gasteiger partial charge in [-0.2, -0.15) is 0 Å². The molecule has 1 N–H and O–H groups in total. The summed E-state index contributed by atoms with van der Waals surface area (Å²) in [5, 5.41) is 3.19. The van der Waals surface area contributed by atoms with Gasteiger partial charge in [0.05, 0.1) is 0 Å². The van der Waals surface area contributed by atoms with Crippen molar-refractivity contribution in [1.82, 2.24) is 0 Å². The fraction of sp³-hybridized carbons (Fsp3) is 0. The van der Waals surface area contributed by atoms with Gasteiger partial charge in [0.2, 0.25) is 0 Å². The molecule has 0 aromatic heterocycles. The molecule has 0 saturated heterocycles. The van der Waals surface area contributed by atoms with Gasteiger partial charge in [-0.25, -0.2) is 0 Å². The molecule has 0 aliphatic carbocycles. The fourth-order valence-corrected chi connectivity index (χ4v) is 1.57. The summed E-state index contributed by atoms with van der Waals surface area (Å²) in [5.41, 5.74) is 2.06. The minimum Gasteiger partial charge on any atom is -0.346 e. The van der Waals surface area contributed by atoms with Crippen LogP contribution in [0.15, 0.2) is 60.7 Å². The molecule has 2 aromatic carbocycles. The zero-order chi connectivity index (χ0) is 10.5. The Morgan fingerprint density at radius 3 is 1.88 bits per heavy atom. The Labute approximate surface area is 111 Å². The van der Waals surface area contributed by atoms with Gasteiger partial charge in [-0.15, -0.1) is 0 Å². The molecule has 2 rings (SSSR count). The number of hydrogen-bond donors (Lipinski definition) is 1. The minimum atomic E-state index is 0. The predicted molar refractivity (Wildman–Crippen MR) is 68.2 cm³/mol. The molecule has 0 amide bonds. The molecule has 0 aliphatic rings. The molecular weight excluding hydrogens is 266 g/mol. The van der Waals surface area contributed by atoms with Gasteiger partial charge in [-0.05, 0) is 12.1 Å². The number of thiocarbonyl (C=S) groups is 1. The van der Waals surface area contributed by atoms with Gasteiger partial charge in [0.25, 0.3) is 0 Å². The van der Waals surface area contributed by atoms with Crippen molar-refractivity contribution in [3.63, 3.8) is 0 Å². The molecule has 0 unspecified atom stereocenters. The van der Waals surface area contributed by atoms with Gasteiger partial charge in [0.1, 0.15) is 4.99 Å². The van der Waals surface area contributed by atoms with E-state index in [9.17, 15) is 0 Å². The van der Waals surface area contributed by atoms with E-state index in [1.807, 2.05) is 60.7 Å². The topological polar surface area (TPSA) is 12.0 Å². The summed E-state index contributed by atoms with van der Waals surface area (Å²) in [7, 11) is 0. The summed E-state index contributed by atoms with van der Waals surface area (Å²) >= 11 is 5.29. The summed E-state index contributed by atoms with van der Waals surface area (Å²) in [6.07, 6.45) is 0. The van der Waals surface area contributed by atoms with E-state index in [4.69, 9.17) is 12.2 Å². The van der Waals surface area contributed by atoms with Gasteiger partial charge in [0, 0.05) is 28.3 Å². The van der Waals surface area contributed by atoms with Gasteiger partial charge in [-0.3, -0.25) is 0 Å². The molecule has 16 heavy (non-hydrogen) atoms. The number of rotatable bonds is 2. The Kier molecular flexibility index (Phi) is 5.20. The zero-order valence-electron chi connectivity index (χ0n) is 8.48. The maximum absolute atomic E-state index is 5.29. The average molecular weight is 277 g/mol. The molecule has 0 spiro atoms. The van der Waals surface area contributed by atoms with Crippen LogP contribution in [0.25, 0.3) is 0 Å². The van der Waals surface area contributed by atoms with E-state index in [-0.39, 0.29) is 17.1 Å². The first-order valence-corrected chi connectivity index (χ1v) is 5.18. The summed E-state index contributed by atoms with van der Waals surface area (Å²) in [4.78, 5) is 0.752. The van der Waals surface area contributed by atoms with E-state index in [1.165, 1.54) is 0 Å². The molecule has 2 aromatic rings. The van der Waals surface area contributed by atoms with Gasteiger partial charge in [-0.1, -0.05) is 60.7 Å². The third-order valence-electron chi connectivity index (χ3n) is 2.07. The first-order valence-electron chi connectivity index (χ1n) is 4.78. The van der Waals surface area contributed by atoms with Crippen LogP contribution in [0.1, 0.15) is 5.56 Å². The third kappa shape index (κ3) is 3.46. The number of nitrogens with one attached hydrogen (secondary N) is 1. The van der Waals surface area contributed by atoms with Crippen molar-refractivity contribution in [2.45, 2.75) is 0 Å². The summed E-state index contributed by atoms with van der Waals surface area (Å²) in [5.74, 6) is 0. The predicted octanol–water partition coefficient (Wildman–Crippen LogP) is 3.47. The Bertz CT molecular complexity index is 442. The van der Waals surface area contributed by atoms with Crippen molar-refractivity contribution in [2.75, 3.05) is 5.32 Å². The monoisotopic (exact) mass is 276 g/mol. The maximum atomic E-state index is 5.29. The first kappa shape index (κ1) is 12.9. The summed E-state index contributed by atoms with van der Waals surface area (Å²) in [6.45, 7) is 0. The molecule has 0 aliphatic heterocycles. The number of benzene rings is 2. The Morgan fingerprint density at radius 1 is 0.812 bits per heavy atom. The van der Waals surface area contributed by atoms with Crippen molar-refractivity contribution < 1.29 is 17.1 Å². The Morgan fingerprint density at radius 2 is 1.31 bits per heavy atom. The van der Waals surface area contributed by atoms with Crippen LogP contribution in [0.4, 0.5) is 5.69 Å². The molecule has 0 atom stereocenters. The molecule has 1 nitrogen and oxygen atoms in total. The van der Waals surface area contributed by atoms with Crippen molar-refractivity contribution in [2.24, 2.45) is 0 Å². The SMILES string of the molecule is S=C(Nc1ccccc1)c1ccccc1.[Cu]. The molecule has 0 bridgehead atoms. The van der Waals surface area contributed by atoms with E-state index < -0.39 is 0 Å². The Balaban J connectivity index is 0.00000128. The molecular formula is C13H11CuNS. The Hall–Kier alpha value is -1.15. The zero-order valence-corrected chi connectivity index (χ0v) is 10.2. The first-order chi connectivity index (χ1) is 7.36. The smallest absolute Gasteiger partial charge is 0.110 e. The standard InChI is InChI=1S/C13H11NS.Cu/c15-13(11-7-3-1-4-8-11)14-12-9-5-2-6-10-12;/h1-10H,(H,14,15);. The second-order valence-electron chi connectivity index (χ2n) is 3.19. The minimum absolute atomic E-state index is 0. The molecule has 0 saturated carbocycles. The third-order valence-corrected chi connectivity index (χ3v) is 2.41. The van der Waals surface area contributed by atoms with Crippen LogP contribution < -0.4 is 5.32 Å². The van der Waals surface area contributed by atoms with Gasteiger partial charge >= 0.3 is 0 Å². The van der Waals surface area contributed by atoms with Crippen LogP contribution in [0, 0.1) is 0 Å². The fourth-order valence-electron chi connectivity index (χ4n) is 1.31. The maximum Gasteiger partial charge on any atom is 0.110 e. The second-order valence-corrected chi connectivity index (χ2v) is 3.59. The van der Waals surface area contributed by atoms with Crippen molar-refractivity contribution in [1.29, 1.82) is 0 Å². The van der Waals surface area contributed by atoms with E-state index in [2.05, 4.69) is 5.32 Å². The van der Waals surface area contributed by atoms with E-state index in [1.54, 1.807) is 0 Å². The number of hydrogen-bond acceptors (Lipinski definition) is 1. The quantitative estimate of drug-likeness (QED) is 0.666. The molecule has 1 radical (unpaired) electrons. The molecule has 85 valence electrons. The largest absolute Gasteiger partial charge is 0.346 e. The molecule has 0 heterocycles. The van der Waals surface area contributed by atoms with Crippen LogP contribution in [0.2, 0.25) is 0 Å². The number of para-hydroxylation sites is 1. The van der Waals surface area contributed by atoms with E-state index >= 15 is 0 Å². The summed E-state index contributed by atoms with van der Waals surface area (Å²) < 4.78 is 0. The van der Waals surface area contributed by atoms with Crippen LogP contribution in [-0.4, -0.2) is 4.99 Å². The van der Waals surface area contributed by atoms with E-state index in [0.717, 1.165) is 16.2 Å². The van der Waals surface area contributed by atoms with Crippen LogP contribution >= 0.6 is 12.2 Å². The van der Waals surface area contributed by atoms with Crippen LogP contribution in [0.5, 0.6) is 0 Å². The second kappa shape index (κ2) is 6.44. The van der Waals surface area contributed by atoms with Crippen molar-refractivity contribution in [3.8, 4) is 0 Å². The molecule has 3 heteroatoms. The van der Waals surface area contributed by atoms with Gasteiger partial charge < -0.3 is 5.32 Å². The van der Waals surface area contributed by atoms with Crippen molar-refractivity contribution >= 4 is 22.9 Å². The van der Waals surface area contributed by atoms with Crippen LogP contribution in [-0.2, 0) is 17.1 Å². The van der Waals surface area contributed by atoms with Crippen LogP contribution in [0.3, 0.4) is 0 Å². The summed E-state index contributed by atoms with van der Waals surface area (Å²) in [6, 6.07) is 19.9. The number of anilines is 1. The van der Waals surface area contributed by atoms with Crippen molar-refractivity contribution in [3.05, 3.63) is 66.2 Å². The average Bonchev–Trinajstić information content (AvgIpc) is 2.31.